The van der Waals surface area contributed by atoms with Gasteiger partial charge in [-0.3, -0.25) is 0 Å². The van der Waals surface area contributed by atoms with Gasteiger partial charge in [0.05, 0.1) is 12.1 Å². The van der Waals surface area contributed by atoms with Crippen LogP contribution in [0.25, 0.3) is 0 Å². The van der Waals surface area contributed by atoms with Crippen molar-refractivity contribution in [2.75, 3.05) is 0 Å². The predicted octanol–water partition coefficient (Wildman–Crippen LogP) is 3.24. The Morgan fingerprint density at radius 1 is 1.23 bits per heavy atom. The molecular weight excluding hydrogens is 388 g/mol. The highest BCUT2D eigenvalue weighted by Crippen LogP contribution is 2.30. The molecule has 1 fully saturated rings. The number of tetrazole rings is 1. The zero-order valence-electron chi connectivity index (χ0n) is 17.5. The maximum atomic E-state index is 12.8. The van der Waals surface area contributed by atoms with Crippen molar-refractivity contribution >= 4 is 12.2 Å². The van der Waals surface area contributed by atoms with Crippen LogP contribution in [0.3, 0.4) is 0 Å². The topological polar surface area (TPSA) is 111 Å². The summed E-state index contributed by atoms with van der Waals surface area (Å²) in [5.74, 6) is 0. The van der Waals surface area contributed by atoms with E-state index in [-0.39, 0.29) is 18.7 Å². The Hall–Kier alpha value is -3.17. The molecule has 1 saturated carbocycles. The van der Waals surface area contributed by atoms with E-state index in [9.17, 15) is 9.59 Å². The fourth-order valence-electron chi connectivity index (χ4n) is 3.40. The van der Waals surface area contributed by atoms with E-state index in [1.54, 1.807) is 31.8 Å². The van der Waals surface area contributed by atoms with Crippen LogP contribution in [0.15, 0.2) is 36.7 Å². The molecule has 2 atom stereocenters. The number of benzene rings is 1. The summed E-state index contributed by atoms with van der Waals surface area (Å²) in [6, 6.07) is 9.10. The first-order valence-electron chi connectivity index (χ1n) is 10.0. The Balaban J connectivity index is 1.68. The van der Waals surface area contributed by atoms with E-state index in [4.69, 9.17) is 9.47 Å². The Kier molecular flexibility index (Phi) is 6.86. The lowest BCUT2D eigenvalue weighted by molar-refractivity contribution is -0.00783. The lowest BCUT2D eigenvalue weighted by Gasteiger charge is -2.37. The Morgan fingerprint density at radius 3 is 2.67 bits per heavy atom. The maximum Gasteiger partial charge on any atom is 0.429 e. The van der Waals surface area contributed by atoms with Gasteiger partial charge in [0.1, 0.15) is 18.5 Å². The first-order valence-corrected chi connectivity index (χ1v) is 10.0. The number of carbonyl (C=O) groups excluding carboxylic acids is 2. The molecule has 2 amide bonds. The second-order valence-corrected chi connectivity index (χ2v) is 8.29. The summed E-state index contributed by atoms with van der Waals surface area (Å²) in [6.07, 6.45) is 3.28. The van der Waals surface area contributed by atoms with Gasteiger partial charge in [-0.05, 0) is 62.4 Å². The van der Waals surface area contributed by atoms with Crippen molar-refractivity contribution in [3.8, 4) is 0 Å². The molecule has 0 aliphatic heterocycles. The third-order valence-electron chi connectivity index (χ3n) is 4.74. The average Bonchev–Trinajstić information content (AvgIpc) is 3.25. The Labute approximate surface area is 175 Å². The standard InChI is InChI=1S/C20H28N6O4/c1-20(2,3)30-19(28)26(22-18(27)29-13-15-8-5-4-6-9-15)17-11-7-10-16(12-17)25-14-21-23-24-25/h4-6,8-9,14,16-17H,7,10-13H2,1-3H3,(H,22,27)/t16-,17?/m0/s1. The number of amides is 2. The molecule has 1 aromatic carbocycles. The van der Waals surface area contributed by atoms with Gasteiger partial charge in [-0.2, -0.15) is 0 Å². The summed E-state index contributed by atoms with van der Waals surface area (Å²) >= 11 is 0. The predicted molar refractivity (Wildman–Crippen MR) is 107 cm³/mol. The third-order valence-corrected chi connectivity index (χ3v) is 4.74. The van der Waals surface area contributed by atoms with Crippen LogP contribution < -0.4 is 5.43 Å². The van der Waals surface area contributed by atoms with Crippen molar-refractivity contribution in [1.29, 1.82) is 0 Å². The normalized spacial score (nSPS) is 19.0. The molecule has 1 aliphatic rings. The Bertz CT molecular complexity index is 822. The van der Waals surface area contributed by atoms with Crippen molar-refractivity contribution in [2.24, 2.45) is 0 Å². The maximum absolute atomic E-state index is 12.8. The van der Waals surface area contributed by atoms with Crippen LogP contribution in [0.1, 0.15) is 58.1 Å². The molecule has 30 heavy (non-hydrogen) atoms. The summed E-state index contributed by atoms with van der Waals surface area (Å²) < 4.78 is 12.5. The average molecular weight is 416 g/mol. The monoisotopic (exact) mass is 416 g/mol. The SMILES string of the molecule is CC(C)(C)OC(=O)N(NC(=O)OCc1ccccc1)C1CCC[C@H](n2cnnn2)C1. The van der Waals surface area contributed by atoms with E-state index < -0.39 is 17.8 Å². The van der Waals surface area contributed by atoms with E-state index in [1.807, 2.05) is 30.3 Å². The molecule has 162 valence electrons. The molecule has 10 heteroatoms. The highest BCUT2D eigenvalue weighted by Gasteiger charge is 2.35. The van der Waals surface area contributed by atoms with Crippen LogP contribution in [-0.2, 0) is 16.1 Å². The van der Waals surface area contributed by atoms with Crippen LogP contribution in [0.5, 0.6) is 0 Å². The van der Waals surface area contributed by atoms with Gasteiger partial charge in [0.15, 0.2) is 0 Å². The number of hydrogen-bond donors (Lipinski definition) is 1. The molecule has 1 heterocycles. The zero-order valence-corrected chi connectivity index (χ0v) is 17.5. The van der Waals surface area contributed by atoms with Gasteiger partial charge in [0, 0.05) is 0 Å². The van der Waals surface area contributed by atoms with Gasteiger partial charge in [-0.1, -0.05) is 30.3 Å². The van der Waals surface area contributed by atoms with Crippen LogP contribution in [-0.4, -0.2) is 49.0 Å². The molecule has 0 saturated heterocycles. The largest absolute Gasteiger partial charge is 0.443 e. The fourth-order valence-corrected chi connectivity index (χ4v) is 3.40. The second-order valence-electron chi connectivity index (χ2n) is 8.29. The molecule has 3 rings (SSSR count). The molecule has 0 spiro atoms. The van der Waals surface area contributed by atoms with Crippen molar-refractivity contribution < 1.29 is 19.1 Å². The van der Waals surface area contributed by atoms with E-state index in [2.05, 4.69) is 21.0 Å². The molecular formula is C20H28N6O4. The van der Waals surface area contributed by atoms with Gasteiger partial charge in [-0.15, -0.1) is 5.10 Å². The second kappa shape index (κ2) is 9.55. The van der Waals surface area contributed by atoms with Gasteiger partial charge >= 0.3 is 12.2 Å². The van der Waals surface area contributed by atoms with Gasteiger partial charge in [0.2, 0.25) is 0 Å². The van der Waals surface area contributed by atoms with E-state index in [1.165, 1.54) is 5.01 Å². The number of aromatic nitrogens is 4. The van der Waals surface area contributed by atoms with E-state index in [0.717, 1.165) is 24.8 Å². The summed E-state index contributed by atoms with van der Waals surface area (Å²) in [5.41, 5.74) is 2.74. The Morgan fingerprint density at radius 2 is 2.00 bits per heavy atom. The van der Waals surface area contributed by atoms with Crippen LogP contribution in [0.2, 0.25) is 0 Å². The lowest BCUT2D eigenvalue weighted by atomic mass is 9.91. The van der Waals surface area contributed by atoms with Crippen molar-refractivity contribution in [3.63, 3.8) is 0 Å². The van der Waals surface area contributed by atoms with Crippen molar-refractivity contribution in [2.45, 2.75) is 70.7 Å². The molecule has 1 aromatic heterocycles. The highest BCUT2D eigenvalue weighted by molar-refractivity contribution is 5.74. The summed E-state index contributed by atoms with van der Waals surface area (Å²) in [5, 5.41) is 12.6. The van der Waals surface area contributed by atoms with Crippen LogP contribution in [0.4, 0.5) is 9.59 Å². The summed E-state index contributed by atoms with van der Waals surface area (Å²) in [4.78, 5) is 25.3. The molecule has 0 radical (unpaired) electrons. The zero-order chi connectivity index (χ0) is 21.6. The minimum Gasteiger partial charge on any atom is -0.443 e. The van der Waals surface area contributed by atoms with E-state index >= 15 is 0 Å². The smallest absolute Gasteiger partial charge is 0.429 e. The first kappa shape index (κ1) is 21.5. The number of carbonyl (C=O) groups is 2. The van der Waals surface area contributed by atoms with Gasteiger partial charge < -0.3 is 9.47 Å². The minimum atomic E-state index is -0.714. The lowest BCUT2D eigenvalue weighted by Crippen LogP contribution is -2.54. The number of nitrogens with zero attached hydrogens (tertiary/aromatic N) is 5. The van der Waals surface area contributed by atoms with E-state index in [0.29, 0.717) is 6.42 Å². The first-order chi connectivity index (χ1) is 14.3. The molecule has 1 aliphatic carbocycles. The fraction of sp³-hybridized carbons (Fsp3) is 0.550. The number of rotatable bonds is 4. The molecule has 10 nitrogen and oxygen atoms in total. The molecule has 0 bridgehead atoms. The number of hydrazine groups is 1. The van der Waals surface area contributed by atoms with Crippen molar-refractivity contribution in [3.05, 3.63) is 42.2 Å². The van der Waals surface area contributed by atoms with Crippen LogP contribution in [0, 0.1) is 0 Å². The molecule has 1 N–H and O–H groups in total. The number of ether oxygens (including phenoxy) is 2. The molecule has 1 unspecified atom stereocenters. The highest BCUT2D eigenvalue weighted by atomic mass is 16.6. The summed E-state index contributed by atoms with van der Waals surface area (Å²) in [6.45, 7) is 5.44. The van der Waals surface area contributed by atoms with Crippen LogP contribution >= 0.6 is 0 Å². The minimum absolute atomic E-state index is 0.0332. The number of nitrogens with one attached hydrogen (secondary N) is 1. The summed E-state index contributed by atoms with van der Waals surface area (Å²) in [7, 11) is 0. The quantitative estimate of drug-likeness (QED) is 0.762. The number of hydrogen-bond acceptors (Lipinski definition) is 7. The molecule has 2 aromatic rings. The van der Waals surface area contributed by atoms with Crippen molar-refractivity contribution in [1.82, 2.24) is 30.6 Å². The van der Waals surface area contributed by atoms with Gasteiger partial charge in [-0.25, -0.2) is 24.7 Å². The third kappa shape index (κ3) is 6.16. The van der Waals surface area contributed by atoms with Gasteiger partial charge in [0.25, 0.3) is 0 Å².